The summed E-state index contributed by atoms with van der Waals surface area (Å²) in [5.74, 6) is 0.831. The van der Waals surface area contributed by atoms with Gasteiger partial charge in [0.1, 0.15) is 5.75 Å². The predicted molar refractivity (Wildman–Crippen MR) is 78.5 cm³/mol. The zero-order chi connectivity index (χ0) is 13.5. The lowest BCUT2D eigenvalue weighted by molar-refractivity contribution is 0.398. The summed E-state index contributed by atoms with van der Waals surface area (Å²) in [6.45, 7) is 9.17. The number of nitrogens with one attached hydrogen (secondary N) is 1. The number of rotatable bonds is 7. The van der Waals surface area contributed by atoms with Gasteiger partial charge in [0, 0.05) is 16.6 Å². The first-order valence-electron chi connectivity index (χ1n) is 6.29. The van der Waals surface area contributed by atoms with Crippen LogP contribution in [0.5, 0.6) is 5.75 Å². The topological polar surface area (TPSA) is 21.3 Å². The van der Waals surface area contributed by atoms with Gasteiger partial charge in [-0.3, -0.25) is 0 Å². The zero-order valence-electron chi connectivity index (χ0n) is 11.4. The Balaban J connectivity index is 2.98. The molecule has 18 heavy (non-hydrogen) atoms. The third-order valence-corrected chi connectivity index (χ3v) is 3.00. The van der Waals surface area contributed by atoms with Gasteiger partial charge in [-0.2, -0.15) is 0 Å². The van der Waals surface area contributed by atoms with E-state index in [9.17, 15) is 0 Å². The molecule has 0 fully saturated rings. The van der Waals surface area contributed by atoms with Crippen LogP contribution in [0.4, 0.5) is 0 Å². The molecule has 0 spiro atoms. The average Bonchev–Trinajstić information content (AvgIpc) is 2.34. The van der Waals surface area contributed by atoms with E-state index < -0.39 is 0 Å². The second kappa shape index (κ2) is 7.45. The van der Waals surface area contributed by atoms with Crippen LogP contribution in [0.2, 0.25) is 5.02 Å². The lowest BCUT2D eigenvalue weighted by Crippen LogP contribution is -2.22. The van der Waals surface area contributed by atoms with Crippen molar-refractivity contribution in [2.45, 2.75) is 32.7 Å². The zero-order valence-corrected chi connectivity index (χ0v) is 12.2. The molecule has 1 atom stereocenters. The SMILES string of the molecule is C=C(C)CC(NCCC)c1ccc(Cl)cc1OC. The molecule has 0 aliphatic rings. The van der Waals surface area contributed by atoms with Gasteiger partial charge in [0.05, 0.1) is 7.11 Å². The Morgan fingerprint density at radius 3 is 2.78 bits per heavy atom. The van der Waals surface area contributed by atoms with Crippen molar-refractivity contribution >= 4 is 11.6 Å². The summed E-state index contributed by atoms with van der Waals surface area (Å²) >= 11 is 5.99. The highest BCUT2D eigenvalue weighted by Gasteiger charge is 2.15. The maximum atomic E-state index is 5.99. The molecule has 0 aliphatic carbocycles. The summed E-state index contributed by atoms with van der Waals surface area (Å²) in [7, 11) is 1.67. The van der Waals surface area contributed by atoms with E-state index in [1.807, 2.05) is 25.1 Å². The molecular formula is C15H22ClNO. The van der Waals surface area contributed by atoms with Gasteiger partial charge >= 0.3 is 0 Å². The van der Waals surface area contributed by atoms with Crippen molar-refractivity contribution in [2.24, 2.45) is 0 Å². The molecular weight excluding hydrogens is 246 g/mol. The second-order valence-electron chi connectivity index (χ2n) is 4.55. The molecule has 0 aliphatic heterocycles. The van der Waals surface area contributed by atoms with E-state index in [4.69, 9.17) is 16.3 Å². The highest BCUT2D eigenvalue weighted by molar-refractivity contribution is 6.30. The first-order chi connectivity index (χ1) is 8.58. The predicted octanol–water partition coefficient (Wildman–Crippen LogP) is 4.36. The molecule has 1 aromatic carbocycles. The molecule has 0 saturated carbocycles. The fourth-order valence-electron chi connectivity index (χ4n) is 1.93. The molecule has 0 bridgehead atoms. The summed E-state index contributed by atoms with van der Waals surface area (Å²) in [6.07, 6.45) is 2.00. The molecule has 1 unspecified atom stereocenters. The van der Waals surface area contributed by atoms with E-state index in [2.05, 4.69) is 18.8 Å². The number of methoxy groups -OCH3 is 1. The highest BCUT2D eigenvalue weighted by Crippen LogP contribution is 2.31. The van der Waals surface area contributed by atoms with Gasteiger partial charge in [-0.05, 0) is 38.4 Å². The van der Waals surface area contributed by atoms with Crippen LogP contribution in [0.1, 0.15) is 38.3 Å². The minimum Gasteiger partial charge on any atom is -0.496 e. The Labute approximate surface area is 115 Å². The quantitative estimate of drug-likeness (QED) is 0.742. The lowest BCUT2D eigenvalue weighted by Gasteiger charge is -2.21. The van der Waals surface area contributed by atoms with Crippen molar-refractivity contribution in [3.8, 4) is 5.75 Å². The summed E-state index contributed by atoms with van der Waals surface area (Å²) in [5, 5.41) is 4.22. The van der Waals surface area contributed by atoms with E-state index >= 15 is 0 Å². The van der Waals surface area contributed by atoms with Gasteiger partial charge < -0.3 is 10.1 Å². The summed E-state index contributed by atoms with van der Waals surface area (Å²) in [6, 6.07) is 6.01. The van der Waals surface area contributed by atoms with Gasteiger partial charge in [0.15, 0.2) is 0 Å². The van der Waals surface area contributed by atoms with Gasteiger partial charge in [-0.15, -0.1) is 6.58 Å². The molecule has 1 aromatic rings. The van der Waals surface area contributed by atoms with Crippen molar-refractivity contribution in [2.75, 3.05) is 13.7 Å². The summed E-state index contributed by atoms with van der Waals surface area (Å²) in [4.78, 5) is 0. The van der Waals surface area contributed by atoms with Crippen LogP contribution in [0.25, 0.3) is 0 Å². The number of hydrogen-bond acceptors (Lipinski definition) is 2. The van der Waals surface area contributed by atoms with Crippen LogP contribution in [0.15, 0.2) is 30.4 Å². The van der Waals surface area contributed by atoms with Crippen LogP contribution in [-0.2, 0) is 0 Å². The molecule has 0 aromatic heterocycles. The van der Waals surface area contributed by atoms with Gasteiger partial charge in [-0.1, -0.05) is 30.2 Å². The van der Waals surface area contributed by atoms with E-state index in [1.54, 1.807) is 7.11 Å². The van der Waals surface area contributed by atoms with Crippen molar-refractivity contribution in [3.63, 3.8) is 0 Å². The van der Waals surface area contributed by atoms with Crippen LogP contribution >= 0.6 is 11.6 Å². The number of benzene rings is 1. The number of hydrogen-bond donors (Lipinski definition) is 1. The first-order valence-corrected chi connectivity index (χ1v) is 6.67. The van der Waals surface area contributed by atoms with Crippen molar-refractivity contribution in [1.82, 2.24) is 5.32 Å². The standard InChI is InChI=1S/C15H22ClNO/c1-5-8-17-14(9-11(2)3)13-7-6-12(16)10-15(13)18-4/h6-7,10,14,17H,2,5,8-9H2,1,3-4H3. The Hall–Kier alpha value is -0.990. The summed E-state index contributed by atoms with van der Waals surface area (Å²) < 4.78 is 5.41. The first kappa shape index (κ1) is 15.1. The third kappa shape index (κ3) is 4.35. The Morgan fingerprint density at radius 2 is 2.22 bits per heavy atom. The fraction of sp³-hybridized carbons (Fsp3) is 0.467. The van der Waals surface area contributed by atoms with E-state index in [0.29, 0.717) is 5.02 Å². The molecule has 100 valence electrons. The molecule has 2 nitrogen and oxygen atoms in total. The number of ether oxygens (including phenoxy) is 1. The smallest absolute Gasteiger partial charge is 0.125 e. The van der Waals surface area contributed by atoms with Crippen molar-refractivity contribution < 1.29 is 4.74 Å². The Kier molecular flexibility index (Phi) is 6.23. The van der Waals surface area contributed by atoms with Crippen LogP contribution in [-0.4, -0.2) is 13.7 Å². The fourth-order valence-corrected chi connectivity index (χ4v) is 2.09. The molecule has 0 saturated heterocycles. The molecule has 3 heteroatoms. The van der Waals surface area contributed by atoms with Crippen LogP contribution in [0, 0.1) is 0 Å². The molecule has 0 radical (unpaired) electrons. The minimum absolute atomic E-state index is 0.231. The monoisotopic (exact) mass is 267 g/mol. The molecule has 1 N–H and O–H groups in total. The molecule has 0 heterocycles. The van der Waals surface area contributed by atoms with E-state index in [-0.39, 0.29) is 6.04 Å². The molecule has 1 rings (SSSR count). The third-order valence-electron chi connectivity index (χ3n) is 2.76. The largest absolute Gasteiger partial charge is 0.496 e. The maximum absolute atomic E-state index is 5.99. The Morgan fingerprint density at radius 1 is 1.50 bits per heavy atom. The minimum atomic E-state index is 0.231. The van der Waals surface area contributed by atoms with Gasteiger partial charge in [0.25, 0.3) is 0 Å². The van der Waals surface area contributed by atoms with Crippen LogP contribution < -0.4 is 10.1 Å². The van der Waals surface area contributed by atoms with Crippen molar-refractivity contribution in [3.05, 3.63) is 40.9 Å². The Bertz CT molecular complexity index is 403. The van der Waals surface area contributed by atoms with Gasteiger partial charge in [0.2, 0.25) is 0 Å². The normalized spacial score (nSPS) is 12.2. The van der Waals surface area contributed by atoms with Crippen molar-refractivity contribution in [1.29, 1.82) is 0 Å². The average molecular weight is 268 g/mol. The molecule has 0 amide bonds. The second-order valence-corrected chi connectivity index (χ2v) is 4.99. The maximum Gasteiger partial charge on any atom is 0.125 e. The lowest BCUT2D eigenvalue weighted by atomic mass is 9.99. The van der Waals surface area contributed by atoms with Gasteiger partial charge in [-0.25, -0.2) is 0 Å². The number of halogens is 1. The van der Waals surface area contributed by atoms with Crippen LogP contribution in [0.3, 0.4) is 0 Å². The highest BCUT2D eigenvalue weighted by atomic mass is 35.5. The van der Waals surface area contributed by atoms with E-state index in [1.165, 1.54) is 0 Å². The summed E-state index contributed by atoms with van der Waals surface area (Å²) in [5.41, 5.74) is 2.29. The van der Waals surface area contributed by atoms with E-state index in [0.717, 1.165) is 36.3 Å².